The Morgan fingerprint density at radius 3 is 2.50 bits per heavy atom. The van der Waals surface area contributed by atoms with E-state index in [0.29, 0.717) is 35.2 Å². The highest BCUT2D eigenvalue weighted by Gasteiger charge is 2.63. The van der Waals surface area contributed by atoms with Gasteiger partial charge in [-0.3, -0.25) is 0 Å². The lowest BCUT2D eigenvalue weighted by molar-refractivity contribution is -0.201. The van der Waals surface area contributed by atoms with Crippen LogP contribution in [0, 0.1) is 52.3 Å². The number of nitrogen functional groups attached to an aromatic ring is 2. The van der Waals surface area contributed by atoms with Crippen LogP contribution in [0.15, 0.2) is 18.2 Å². The summed E-state index contributed by atoms with van der Waals surface area (Å²) in [5.41, 5.74) is 15.3. The SMILES string of the molecule is CC(C)CCC[C@@H](C)[C@H]1CC[C@H]2[C@H]3CC[C@@H]4C[C@H](O)CC(OCc5ccc(N)cc5N)[C@]4(C)[C@H]3CC[C@]12C. The molecule has 4 saturated carbocycles. The summed E-state index contributed by atoms with van der Waals surface area (Å²) in [6.07, 6.45) is 13.9. The number of hydrogen-bond donors (Lipinski definition) is 3. The Bertz CT molecular complexity index is 964. The fourth-order valence-electron chi connectivity index (χ4n) is 10.5. The summed E-state index contributed by atoms with van der Waals surface area (Å²) >= 11 is 0. The summed E-state index contributed by atoms with van der Waals surface area (Å²) in [5.74, 6) is 5.48. The first-order chi connectivity index (χ1) is 18.0. The van der Waals surface area contributed by atoms with Crippen LogP contribution >= 0.6 is 0 Å². The van der Waals surface area contributed by atoms with Crippen molar-refractivity contribution in [1.29, 1.82) is 0 Å². The smallest absolute Gasteiger partial charge is 0.0740 e. The van der Waals surface area contributed by atoms with E-state index < -0.39 is 0 Å². The maximum Gasteiger partial charge on any atom is 0.0740 e. The normalized spacial score (nSPS) is 41.4. The lowest BCUT2D eigenvalue weighted by Gasteiger charge is -2.63. The molecule has 0 aromatic heterocycles. The molecule has 0 bridgehead atoms. The maximum absolute atomic E-state index is 10.9. The number of fused-ring (bicyclic) bond motifs is 5. The molecule has 4 aliphatic carbocycles. The lowest BCUT2D eigenvalue weighted by Crippen LogP contribution is -2.59. The Morgan fingerprint density at radius 1 is 0.974 bits per heavy atom. The van der Waals surface area contributed by atoms with E-state index in [1.807, 2.05) is 18.2 Å². The number of aliphatic hydroxyl groups is 1. The second-order valence-electron chi connectivity index (χ2n) is 14.9. The van der Waals surface area contributed by atoms with Gasteiger partial charge in [0.1, 0.15) is 0 Å². The molecule has 0 heterocycles. The fourth-order valence-corrected chi connectivity index (χ4v) is 10.5. The van der Waals surface area contributed by atoms with Gasteiger partial charge in [0.2, 0.25) is 0 Å². The molecule has 214 valence electrons. The Morgan fingerprint density at radius 2 is 1.76 bits per heavy atom. The molecule has 1 unspecified atom stereocenters. The minimum atomic E-state index is -0.255. The molecule has 1 aromatic carbocycles. The van der Waals surface area contributed by atoms with E-state index in [2.05, 4.69) is 34.6 Å². The van der Waals surface area contributed by atoms with E-state index in [-0.39, 0.29) is 17.6 Å². The standard InChI is InChI=1S/C34H56N2O2/c1-21(2)7-6-8-22(3)28-13-14-29-27-12-10-24-17-26(37)19-32(34(24,5)30(27)15-16-33(28,29)4)38-20-23-9-11-25(35)18-31(23)36/h9,11,18,21-22,24,26-30,32,37H,6-8,10,12-17,19-20,35-36H2,1-5H3/t22-,24-,26+,27-,28-,29+,30+,32?,33-,34+/m1/s1. The molecule has 5 rings (SSSR count). The zero-order chi connectivity index (χ0) is 27.2. The monoisotopic (exact) mass is 524 g/mol. The van der Waals surface area contributed by atoms with Gasteiger partial charge in [-0.1, -0.05) is 59.9 Å². The first-order valence-corrected chi connectivity index (χ1v) is 16.0. The van der Waals surface area contributed by atoms with Crippen LogP contribution < -0.4 is 11.5 Å². The zero-order valence-corrected chi connectivity index (χ0v) is 24.9. The van der Waals surface area contributed by atoms with Gasteiger partial charge >= 0.3 is 0 Å². The molecule has 0 saturated heterocycles. The van der Waals surface area contributed by atoms with E-state index in [1.165, 1.54) is 57.8 Å². The van der Waals surface area contributed by atoms with Crippen LogP contribution in [0.3, 0.4) is 0 Å². The van der Waals surface area contributed by atoms with Crippen LogP contribution in [0.5, 0.6) is 0 Å². The summed E-state index contributed by atoms with van der Waals surface area (Å²) in [6, 6.07) is 5.74. The molecule has 5 N–H and O–H groups in total. The maximum atomic E-state index is 10.9. The van der Waals surface area contributed by atoms with Crippen molar-refractivity contribution in [2.24, 2.45) is 52.3 Å². The first kappa shape index (κ1) is 28.3. The van der Waals surface area contributed by atoms with Crippen molar-refractivity contribution in [3.05, 3.63) is 23.8 Å². The molecular formula is C34H56N2O2. The molecule has 4 nitrogen and oxygen atoms in total. The van der Waals surface area contributed by atoms with Crippen molar-refractivity contribution in [2.75, 3.05) is 11.5 Å². The number of aliphatic hydroxyl groups excluding tert-OH is 1. The number of nitrogens with two attached hydrogens (primary N) is 2. The van der Waals surface area contributed by atoms with E-state index >= 15 is 0 Å². The third kappa shape index (κ3) is 5.02. The molecule has 4 heteroatoms. The quantitative estimate of drug-likeness (QED) is 0.303. The average molecular weight is 525 g/mol. The average Bonchev–Trinajstić information content (AvgIpc) is 3.21. The van der Waals surface area contributed by atoms with Gasteiger partial charge < -0.3 is 21.3 Å². The summed E-state index contributed by atoms with van der Waals surface area (Å²) in [7, 11) is 0. The minimum Gasteiger partial charge on any atom is -0.399 e. The first-order valence-electron chi connectivity index (χ1n) is 16.0. The molecular weight excluding hydrogens is 468 g/mol. The predicted octanol–water partition coefficient (Wildman–Crippen LogP) is 7.83. The highest BCUT2D eigenvalue weighted by molar-refractivity contribution is 5.56. The number of hydrogen-bond acceptors (Lipinski definition) is 4. The molecule has 4 fully saturated rings. The topological polar surface area (TPSA) is 81.5 Å². The minimum absolute atomic E-state index is 0.0810. The van der Waals surface area contributed by atoms with Crippen molar-refractivity contribution in [3.63, 3.8) is 0 Å². The highest BCUT2D eigenvalue weighted by Crippen LogP contribution is 2.68. The van der Waals surface area contributed by atoms with E-state index in [9.17, 15) is 5.11 Å². The van der Waals surface area contributed by atoms with Crippen LogP contribution in [-0.4, -0.2) is 17.3 Å². The number of anilines is 2. The number of ether oxygens (including phenoxy) is 1. The van der Waals surface area contributed by atoms with Crippen LogP contribution in [-0.2, 0) is 11.3 Å². The second kappa shape index (κ2) is 11.0. The fraction of sp³-hybridized carbons (Fsp3) is 0.824. The van der Waals surface area contributed by atoms with Gasteiger partial charge in [0, 0.05) is 23.4 Å². The molecule has 10 atom stereocenters. The molecule has 0 aliphatic heterocycles. The van der Waals surface area contributed by atoms with Crippen LogP contribution in [0.25, 0.3) is 0 Å². The molecule has 0 amide bonds. The van der Waals surface area contributed by atoms with Crippen LogP contribution in [0.4, 0.5) is 11.4 Å². The predicted molar refractivity (Wildman–Crippen MR) is 158 cm³/mol. The van der Waals surface area contributed by atoms with Gasteiger partial charge in [-0.15, -0.1) is 0 Å². The van der Waals surface area contributed by atoms with Gasteiger partial charge in [-0.25, -0.2) is 0 Å². The van der Waals surface area contributed by atoms with Gasteiger partial charge in [0.25, 0.3) is 0 Å². The Balaban J connectivity index is 1.33. The Hall–Kier alpha value is -1.26. The third-order valence-electron chi connectivity index (χ3n) is 12.5. The molecule has 0 spiro atoms. The summed E-state index contributed by atoms with van der Waals surface area (Å²) in [4.78, 5) is 0. The summed E-state index contributed by atoms with van der Waals surface area (Å²) in [5, 5.41) is 10.9. The van der Waals surface area contributed by atoms with Gasteiger partial charge in [0.15, 0.2) is 0 Å². The summed E-state index contributed by atoms with van der Waals surface area (Å²) < 4.78 is 6.76. The van der Waals surface area contributed by atoms with Crippen LogP contribution in [0.2, 0.25) is 0 Å². The van der Waals surface area contributed by atoms with Crippen molar-refractivity contribution in [2.45, 2.75) is 124 Å². The van der Waals surface area contributed by atoms with E-state index in [4.69, 9.17) is 16.2 Å². The molecule has 1 aromatic rings. The molecule has 0 radical (unpaired) electrons. The zero-order valence-electron chi connectivity index (χ0n) is 24.9. The largest absolute Gasteiger partial charge is 0.399 e. The van der Waals surface area contributed by atoms with Gasteiger partial charge in [-0.05, 0) is 109 Å². The van der Waals surface area contributed by atoms with Gasteiger partial charge in [0.05, 0.1) is 18.8 Å². The Kier molecular flexibility index (Phi) is 8.15. The highest BCUT2D eigenvalue weighted by atomic mass is 16.5. The van der Waals surface area contributed by atoms with E-state index in [0.717, 1.165) is 48.0 Å². The molecule has 38 heavy (non-hydrogen) atoms. The second-order valence-corrected chi connectivity index (χ2v) is 14.9. The summed E-state index contributed by atoms with van der Waals surface area (Å²) in [6.45, 7) is 13.0. The van der Waals surface area contributed by atoms with Crippen molar-refractivity contribution >= 4 is 11.4 Å². The number of rotatable bonds is 8. The van der Waals surface area contributed by atoms with E-state index in [1.54, 1.807) is 0 Å². The van der Waals surface area contributed by atoms with Crippen molar-refractivity contribution in [1.82, 2.24) is 0 Å². The molecule has 4 aliphatic rings. The van der Waals surface area contributed by atoms with Crippen molar-refractivity contribution in [3.8, 4) is 0 Å². The Labute approximate surface area is 232 Å². The van der Waals surface area contributed by atoms with Crippen LogP contribution in [0.1, 0.15) is 111 Å². The van der Waals surface area contributed by atoms with Gasteiger partial charge in [-0.2, -0.15) is 0 Å². The van der Waals surface area contributed by atoms with Crippen molar-refractivity contribution < 1.29 is 9.84 Å². The lowest BCUT2D eigenvalue weighted by atomic mass is 9.43. The third-order valence-corrected chi connectivity index (χ3v) is 12.5. The number of benzene rings is 1.